The maximum atomic E-state index is 12.9. The molecule has 1 amide bonds. The average molecular weight is 403 g/mol. The lowest BCUT2D eigenvalue weighted by Crippen LogP contribution is -2.52. The van der Waals surface area contributed by atoms with E-state index in [4.69, 9.17) is 0 Å². The van der Waals surface area contributed by atoms with Crippen LogP contribution in [0.2, 0.25) is 0 Å². The lowest BCUT2D eigenvalue weighted by Gasteiger charge is -2.32. The Bertz CT molecular complexity index is 884. The van der Waals surface area contributed by atoms with E-state index in [0.717, 1.165) is 42.9 Å². The highest BCUT2D eigenvalue weighted by Gasteiger charge is 2.28. The lowest BCUT2D eigenvalue weighted by molar-refractivity contribution is -0.119. The zero-order valence-corrected chi connectivity index (χ0v) is 17.0. The second kappa shape index (κ2) is 8.90. The predicted octanol–water partition coefficient (Wildman–Crippen LogP) is 1.50. The molecule has 3 heterocycles. The topological polar surface area (TPSA) is 57.6 Å². The fourth-order valence-electron chi connectivity index (χ4n) is 3.99. The summed E-state index contributed by atoms with van der Waals surface area (Å²) in [6.07, 6.45) is 2.61. The van der Waals surface area contributed by atoms with Gasteiger partial charge in [-0.3, -0.25) is 14.5 Å². The number of benzene rings is 1. The molecule has 6 nitrogen and oxygen atoms in total. The van der Waals surface area contributed by atoms with Crippen LogP contribution < -0.4 is 15.8 Å². The molecule has 1 N–H and O–H groups in total. The van der Waals surface area contributed by atoms with E-state index in [1.54, 1.807) is 10.6 Å². The van der Waals surface area contributed by atoms with Crippen LogP contribution in [-0.2, 0) is 17.8 Å². The van der Waals surface area contributed by atoms with E-state index >= 15 is 0 Å². The minimum Gasteiger partial charge on any atom is -0.312 e. The first kappa shape index (κ1) is 20.6. The summed E-state index contributed by atoms with van der Waals surface area (Å²) in [4.78, 5) is 29.4. The maximum absolute atomic E-state index is 12.9. The van der Waals surface area contributed by atoms with E-state index in [1.807, 2.05) is 41.4 Å². The summed E-state index contributed by atoms with van der Waals surface area (Å²) in [7, 11) is 0. The van der Waals surface area contributed by atoms with Gasteiger partial charge >= 0.3 is 0 Å². The van der Waals surface area contributed by atoms with Gasteiger partial charge in [0.25, 0.3) is 5.56 Å². The van der Waals surface area contributed by atoms with E-state index in [9.17, 15) is 9.59 Å². The summed E-state index contributed by atoms with van der Waals surface area (Å²) < 4.78 is 1.70. The number of hydrogen-bond donors (Lipinski definition) is 1. The zero-order valence-electron chi connectivity index (χ0n) is 16.1. The van der Waals surface area contributed by atoms with Gasteiger partial charge in [0, 0.05) is 44.5 Å². The number of nitrogens with zero attached hydrogens (tertiary/aromatic N) is 3. The highest BCUT2D eigenvalue weighted by molar-refractivity contribution is 5.96. The van der Waals surface area contributed by atoms with Crippen molar-refractivity contribution in [3.05, 3.63) is 64.1 Å². The van der Waals surface area contributed by atoms with Crippen LogP contribution in [0.25, 0.3) is 0 Å². The first-order valence-electron chi connectivity index (χ1n) is 9.63. The summed E-state index contributed by atoms with van der Waals surface area (Å²) in [6, 6.07) is 12.0. The molecule has 2 aliphatic rings. The average Bonchev–Trinajstić information content (AvgIpc) is 3.05. The number of carbonyl (C=O) groups excluding carboxylic acids is 1. The van der Waals surface area contributed by atoms with Crippen LogP contribution in [0.3, 0.4) is 0 Å². The summed E-state index contributed by atoms with van der Waals surface area (Å²) in [5.41, 5.74) is 2.93. The quantitative estimate of drug-likeness (QED) is 0.842. The number of amides is 1. The van der Waals surface area contributed by atoms with Crippen molar-refractivity contribution in [2.45, 2.75) is 25.9 Å². The van der Waals surface area contributed by atoms with Crippen LogP contribution in [0.5, 0.6) is 0 Å². The summed E-state index contributed by atoms with van der Waals surface area (Å²) in [5.74, 6) is 0.118. The Morgan fingerprint density at radius 2 is 2.00 bits per heavy atom. The first-order valence-corrected chi connectivity index (χ1v) is 9.63. The van der Waals surface area contributed by atoms with Crippen LogP contribution in [0.1, 0.15) is 18.1 Å². The molecule has 1 saturated heterocycles. The number of pyridine rings is 1. The molecule has 0 radical (unpaired) electrons. The van der Waals surface area contributed by atoms with Gasteiger partial charge < -0.3 is 14.8 Å². The van der Waals surface area contributed by atoms with Crippen LogP contribution >= 0.6 is 12.4 Å². The van der Waals surface area contributed by atoms with Crippen molar-refractivity contribution in [2.75, 3.05) is 37.6 Å². The van der Waals surface area contributed by atoms with E-state index < -0.39 is 0 Å². The minimum absolute atomic E-state index is 0. The van der Waals surface area contributed by atoms with E-state index in [1.165, 1.54) is 0 Å². The number of piperazine rings is 1. The number of rotatable bonds is 4. The third-order valence-corrected chi connectivity index (χ3v) is 5.39. The fraction of sp³-hybridized carbons (Fsp3) is 0.429. The number of nitrogens with one attached hydrogen (secondary N) is 1. The summed E-state index contributed by atoms with van der Waals surface area (Å²) >= 11 is 0. The molecule has 1 fully saturated rings. The standard InChI is InChI=1S/C21H26N4O2.ClH/c1-16-12-23(10-8-22-16)15-21(27)25-9-7-18-11-20(26)24(14-19(18)25)13-17-5-3-2-4-6-17;/h2-6,11,14,16,22H,7-10,12-13,15H2,1H3;1H/t16-;/m1./s1. The molecular formula is C21H27ClN4O2. The van der Waals surface area contributed by atoms with Crippen molar-refractivity contribution in [2.24, 2.45) is 0 Å². The van der Waals surface area contributed by atoms with E-state index in [2.05, 4.69) is 17.1 Å². The number of anilines is 1. The molecule has 0 unspecified atom stereocenters. The van der Waals surface area contributed by atoms with Crippen molar-refractivity contribution in [1.82, 2.24) is 14.8 Å². The monoisotopic (exact) mass is 402 g/mol. The van der Waals surface area contributed by atoms with Gasteiger partial charge in [-0.05, 0) is 24.5 Å². The van der Waals surface area contributed by atoms with E-state index in [0.29, 0.717) is 25.7 Å². The van der Waals surface area contributed by atoms with Crippen LogP contribution in [0, 0.1) is 0 Å². The molecule has 7 heteroatoms. The Labute approximate surface area is 171 Å². The Kier molecular flexibility index (Phi) is 6.54. The molecule has 2 aliphatic heterocycles. The van der Waals surface area contributed by atoms with Crippen molar-refractivity contribution >= 4 is 24.0 Å². The van der Waals surface area contributed by atoms with Crippen LogP contribution in [-0.4, -0.2) is 54.1 Å². The molecule has 0 spiro atoms. The van der Waals surface area contributed by atoms with Gasteiger partial charge in [-0.25, -0.2) is 0 Å². The summed E-state index contributed by atoms with van der Waals surface area (Å²) in [5, 5.41) is 3.40. The molecule has 4 rings (SSSR count). The Morgan fingerprint density at radius 1 is 1.21 bits per heavy atom. The van der Waals surface area contributed by atoms with Crippen molar-refractivity contribution in [3.63, 3.8) is 0 Å². The van der Waals surface area contributed by atoms with E-state index in [-0.39, 0.29) is 23.9 Å². The second-order valence-electron chi connectivity index (χ2n) is 7.52. The smallest absolute Gasteiger partial charge is 0.251 e. The minimum atomic E-state index is -0.0113. The lowest BCUT2D eigenvalue weighted by atomic mass is 10.2. The van der Waals surface area contributed by atoms with Crippen LogP contribution in [0.15, 0.2) is 47.4 Å². The van der Waals surface area contributed by atoms with Gasteiger partial charge in [0.05, 0.1) is 18.8 Å². The van der Waals surface area contributed by atoms with Gasteiger partial charge in [0.2, 0.25) is 5.91 Å². The third-order valence-electron chi connectivity index (χ3n) is 5.39. The Hall–Kier alpha value is -2.15. The number of fused-ring (bicyclic) bond motifs is 1. The van der Waals surface area contributed by atoms with Gasteiger partial charge in [-0.1, -0.05) is 30.3 Å². The van der Waals surface area contributed by atoms with Gasteiger partial charge in [-0.2, -0.15) is 0 Å². The molecule has 28 heavy (non-hydrogen) atoms. The molecule has 0 aliphatic carbocycles. The molecule has 1 aromatic carbocycles. The predicted molar refractivity (Wildman–Crippen MR) is 113 cm³/mol. The molecule has 0 saturated carbocycles. The molecule has 2 aromatic rings. The highest BCUT2D eigenvalue weighted by atomic mass is 35.5. The van der Waals surface area contributed by atoms with Crippen LogP contribution in [0.4, 0.5) is 5.69 Å². The van der Waals surface area contributed by atoms with Gasteiger partial charge in [0.15, 0.2) is 0 Å². The highest BCUT2D eigenvalue weighted by Crippen LogP contribution is 2.26. The second-order valence-corrected chi connectivity index (χ2v) is 7.52. The summed E-state index contributed by atoms with van der Waals surface area (Å²) in [6.45, 7) is 6.45. The molecule has 1 aromatic heterocycles. The van der Waals surface area contributed by atoms with Crippen molar-refractivity contribution in [1.29, 1.82) is 0 Å². The molecule has 150 valence electrons. The molecular weight excluding hydrogens is 376 g/mol. The fourth-order valence-corrected chi connectivity index (χ4v) is 3.99. The van der Waals surface area contributed by atoms with Gasteiger partial charge in [-0.15, -0.1) is 12.4 Å². The number of aromatic nitrogens is 1. The first-order chi connectivity index (χ1) is 13.1. The third kappa shape index (κ3) is 4.46. The number of hydrogen-bond acceptors (Lipinski definition) is 4. The van der Waals surface area contributed by atoms with Gasteiger partial charge in [0.1, 0.15) is 0 Å². The Morgan fingerprint density at radius 3 is 2.75 bits per heavy atom. The number of carbonyl (C=O) groups is 1. The SMILES string of the molecule is C[C@@H]1CN(CC(=O)N2CCc3cc(=O)n(Cc4ccccc4)cc32)CCN1.Cl. The normalized spacial score (nSPS) is 19.2. The Balaban J connectivity index is 0.00000225. The largest absolute Gasteiger partial charge is 0.312 e. The molecule has 1 atom stereocenters. The number of halogens is 1. The van der Waals surface area contributed by atoms with Crippen molar-refractivity contribution in [3.8, 4) is 0 Å². The van der Waals surface area contributed by atoms with Crippen molar-refractivity contribution < 1.29 is 4.79 Å². The maximum Gasteiger partial charge on any atom is 0.251 e. The zero-order chi connectivity index (χ0) is 18.8. The molecule has 0 bridgehead atoms.